The summed E-state index contributed by atoms with van der Waals surface area (Å²) in [5, 5.41) is 13.4. The van der Waals surface area contributed by atoms with Gasteiger partial charge in [-0.2, -0.15) is 0 Å². The molecule has 0 saturated carbocycles. The van der Waals surface area contributed by atoms with Crippen LogP contribution in [0.2, 0.25) is 0 Å². The summed E-state index contributed by atoms with van der Waals surface area (Å²) >= 11 is 1.16. The number of rotatable bonds is 7. The maximum atomic E-state index is 13.2. The lowest BCUT2D eigenvalue weighted by Crippen LogP contribution is -2.33. The minimum Gasteiger partial charge on any atom is -0.512 e. The number of aryl methyl sites for hydroxylation is 4. The molecule has 1 fully saturated rings. The van der Waals surface area contributed by atoms with Gasteiger partial charge in [0.25, 0.3) is 0 Å². The van der Waals surface area contributed by atoms with Gasteiger partial charge in [0.15, 0.2) is 0 Å². The Morgan fingerprint density at radius 1 is 1.10 bits per heavy atom. The Morgan fingerprint density at radius 2 is 1.79 bits per heavy atom. The van der Waals surface area contributed by atoms with E-state index >= 15 is 0 Å². The predicted molar refractivity (Wildman–Crippen MR) is 164 cm³/mol. The molecular formula is C33H39N3O2S. The van der Waals surface area contributed by atoms with E-state index in [4.69, 9.17) is 4.98 Å². The standard InChI is InChI=1S/C33H39N3O2S/c1-21-18-22(2)31(23(3)19-21)33(38)39-30(24(4)37)20-25-7-10-28(11-8-25)36-16-13-26(14-17-36)29-12-9-27-6-5-15-34-32(27)35-29/h7-12,18-19,26,30,37H,4-6,13-17,20H2,1-3H3,(H,34,35). The fourth-order valence-corrected chi connectivity index (χ4v) is 7.09. The molecule has 5 rings (SSSR count). The van der Waals surface area contributed by atoms with Crippen molar-refractivity contribution in [2.24, 2.45) is 0 Å². The Labute approximate surface area is 236 Å². The molecule has 0 aliphatic carbocycles. The van der Waals surface area contributed by atoms with E-state index in [1.165, 1.54) is 23.4 Å². The minimum atomic E-state index is -0.391. The van der Waals surface area contributed by atoms with Crippen molar-refractivity contribution in [2.45, 2.75) is 64.0 Å². The highest BCUT2D eigenvalue weighted by Crippen LogP contribution is 2.33. The van der Waals surface area contributed by atoms with Crippen molar-refractivity contribution < 1.29 is 9.90 Å². The number of carbonyl (C=O) groups is 1. The van der Waals surface area contributed by atoms with Crippen molar-refractivity contribution in [3.8, 4) is 0 Å². The van der Waals surface area contributed by atoms with Gasteiger partial charge in [-0.25, -0.2) is 4.98 Å². The zero-order chi connectivity index (χ0) is 27.5. The van der Waals surface area contributed by atoms with Gasteiger partial charge in [-0.05, 0) is 93.3 Å². The van der Waals surface area contributed by atoms with E-state index in [0.29, 0.717) is 12.3 Å². The largest absolute Gasteiger partial charge is 0.512 e. The molecule has 39 heavy (non-hydrogen) atoms. The highest BCUT2D eigenvalue weighted by molar-refractivity contribution is 8.14. The second kappa shape index (κ2) is 11.9. The second-order valence-electron chi connectivity index (χ2n) is 11.1. The molecule has 6 heteroatoms. The van der Waals surface area contributed by atoms with Crippen molar-refractivity contribution in [2.75, 3.05) is 29.9 Å². The number of benzene rings is 2. The predicted octanol–water partition coefficient (Wildman–Crippen LogP) is 7.31. The van der Waals surface area contributed by atoms with Crippen LogP contribution in [0.3, 0.4) is 0 Å². The highest BCUT2D eigenvalue weighted by Gasteiger charge is 2.24. The highest BCUT2D eigenvalue weighted by atomic mass is 32.2. The summed E-state index contributed by atoms with van der Waals surface area (Å²) in [5.41, 5.74) is 8.68. The first-order chi connectivity index (χ1) is 18.8. The zero-order valence-electron chi connectivity index (χ0n) is 23.3. The summed E-state index contributed by atoms with van der Waals surface area (Å²) in [5.74, 6) is 1.62. The van der Waals surface area contributed by atoms with Crippen molar-refractivity contribution in [3.63, 3.8) is 0 Å². The molecule has 1 unspecified atom stereocenters. The molecule has 3 aromatic rings. The van der Waals surface area contributed by atoms with Crippen LogP contribution in [-0.4, -0.2) is 40.1 Å². The number of aliphatic hydroxyl groups excluding tert-OH is 1. The van der Waals surface area contributed by atoms with Gasteiger partial charge >= 0.3 is 0 Å². The number of aliphatic hydroxyl groups is 1. The lowest BCUT2D eigenvalue weighted by Gasteiger charge is -2.34. The maximum absolute atomic E-state index is 13.2. The van der Waals surface area contributed by atoms with Crippen LogP contribution in [0, 0.1) is 20.8 Å². The van der Waals surface area contributed by atoms with Crippen LogP contribution in [0.1, 0.15) is 69.0 Å². The number of thioether (sulfide) groups is 1. The van der Waals surface area contributed by atoms with Gasteiger partial charge in [0.05, 0.1) is 11.0 Å². The second-order valence-corrected chi connectivity index (χ2v) is 12.2. The normalized spacial score (nSPS) is 16.3. The average Bonchev–Trinajstić information content (AvgIpc) is 2.92. The van der Waals surface area contributed by atoms with Crippen LogP contribution >= 0.6 is 11.8 Å². The molecule has 204 valence electrons. The lowest BCUT2D eigenvalue weighted by molar-refractivity contribution is 0.108. The van der Waals surface area contributed by atoms with Crippen molar-refractivity contribution in [3.05, 3.63) is 99.9 Å². The van der Waals surface area contributed by atoms with E-state index in [1.54, 1.807) is 0 Å². The molecule has 0 spiro atoms. The molecule has 1 aromatic heterocycles. The van der Waals surface area contributed by atoms with Crippen LogP contribution < -0.4 is 10.2 Å². The van der Waals surface area contributed by atoms with Crippen LogP contribution in [0.5, 0.6) is 0 Å². The summed E-state index contributed by atoms with van der Waals surface area (Å²) < 4.78 is 0. The van der Waals surface area contributed by atoms with Gasteiger partial charge in [-0.1, -0.05) is 54.2 Å². The summed E-state index contributed by atoms with van der Waals surface area (Å²) in [7, 11) is 0. The quantitative estimate of drug-likeness (QED) is 0.306. The van der Waals surface area contributed by atoms with Crippen LogP contribution in [0.4, 0.5) is 11.5 Å². The van der Waals surface area contributed by atoms with Gasteiger partial charge in [0, 0.05) is 42.5 Å². The van der Waals surface area contributed by atoms with E-state index in [-0.39, 0.29) is 10.9 Å². The third-order valence-corrected chi connectivity index (χ3v) is 9.20. The molecule has 2 aromatic carbocycles. The number of piperidine rings is 1. The summed E-state index contributed by atoms with van der Waals surface area (Å²) in [6, 6.07) is 17.1. The van der Waals surface area contributed by atoms with Crippen LogP contribution in [0.25, 0.3) is 0 Å². The van der Waals surface area contributed by atoms with Crippen LogP contribution in [-0.2, 0) is 12.8 Å². The molecule has 5 nitrogen and oxygen atoms in total. The molecule has 1 saturated heterocycles. The summed E-state index contributed by atoms with van der Waals surface area (Å²) in [4.78, 5) is 20.6. The topological polar surface area (TPSA) is 65.5 Å². The number of hydrogen-bond acceptors (Lipinski definition) is 6. The Balaban J connectivity index is 1.19. The fourth-order valence-electron chi connectivity index (χ4n) is 5.98. The summed E-state index contributed by atoms with van der Waals surface area (Å²) in [6.07, 6.45) is 5.05. The molecule has 2 aliphatic heterocycles. The third kappa shape index (κ3) is 6.33. The molecule has 0 amide bonds. The SMILES string of the molecule is C=C(O)C(Cc1ccc(N2CCC(c3ccc4c(n3)NCCC4)CC2)cc1)SC(=O)c1c(C)cc(C)cc1C. The molecule has 2 N–H and O–H groups in total. The smallest absolute Gasteiger partial charge is 0.220 e. The monoisotopic (exact) mass is 541 g/mol. The molecular weight excluding hydrogens is 502 g/mol. The minimum absolute atomic E-state index is 0.0195. The number of nitrogens with one attached hydrogen (secondary N) is 1. The van der Waals surface area contributed by atoms with E-state index in [1.807, 2.05) is 32.9 Å². The third-order valence-electron chi connectivity index (χ3n) is 8.05. The van der Waals surface area contributed by atoms with E-state index in [0.717, 1.165) is 84.3 Å². The Bertz CT molecular complexity index is 1340. The van der Waals surface area contributed by atoms with E-state index < -0.39 is 5.25 Å². The molecule has 1 atom stereocenters. The molecule has 0 radical (unpaired) electrons. The number of pyridine rings is 1. The maximum Gasteiger partial charge on any atom is 0.220 e. The van der Waals surface area contributed by atoms with Gasteiger partial charge in [0.2, 0.25) is 5.12 Å². The van der Waals surface area contributed by atoms with Gasteiger partial charge in [-0.15, -0.1) is 0 Å². The van der Waals surface area contributed by atoms with E-state index in [9.17, 15) is 9.90 Å². The average molecular weight is 542 g/mol. The fraction of sp³-hybridized carbons (Fsp3) is 0.394. The number of anilines is 2. The first-order valence-corrected chi connectivity index (χ1v) is 14.9. The lowest BCUT2D eigenvalue weighted by atomic mass is 9.92. The Morgan fingerprint density at radius 3 is 2.46 bits per heavy atom. The zero-order valence-corrected chi connectivity index (χ0v) is 24.1. The Hall–Kier alpha value is -3.25. The van der Waals surface area contributed by atoms with Crippen molar-refractivity contribution >= 4 is 28.4 Å². The first kappa shape index (κ1) is 27.3. The number of fused-ring (bicyclic) bond motifs is 1. The summed E-state index contributed by atoms with van der Waals surface area (Å²) in [6.45, 7) is 12.8. The van der Waals surface area contributed by atoms with Crippen molar-refractivity contribution in [1.29, 1.82) is 0 Å². The number of hydrogen-bond donors (Lipinski definition) is 2. The van der Waals surface area contributed by atoms with Crippen LogP contribution in [0.15, 0.2) is 60.9 Å². The van der Waals surface area contributed by atoms with Gasteiger partial charge in [-0.3, -0.25) is 4.79 Å². The molecule has 0 bridgehead atoms. The molecule has 3 heterocycles. The Kier molecular flexibility index (Phi) is 8.31. The van der Waals surface area contributed by atoms with Crippen molar-refractivity contribution in [1.82, 2.24) is 4.98 Å². The molecule has 2 aliphatic rings. The first-order valence-electron chi connectivity index (χ1n) is 14.0. The number of nitrogens with zero attached hydrogens (tertiary/aromatic N) is 2. The van der Waals surface area contributed by atoms with Gasteiger partial charge in [0.1, 0.15) is 5.82 Å². The van der Waals surface area contributed by atoms with Gasteiger partial charge < -0.3 is 15.3 Å². The van der Waals surface area contributed by atoms with E-state index in [2.05, 4.69) is 53.2 Å². The number of aromatic nitrogens is 1. The number of carbonyl (C=O) groups excluding carboxylic acids is 1.